The predicted molar refractivity (Wildman–Crippen MR) is 49.3 cm³/mol. The van der Waals surface area contributed by atoms with Crippen LogP contribution < -0.4 is 5.73 Å². The summed E-state index contributed by atoms with van der Waals surface area (Å²) < 4.78 is 0. The third-order valence-electron chi connectivity index (χ3n) is 3.53. The molecule has 3 atom stereocenters. The molecule has 0 saturated heterocycles. The summed E-state index contributed by atoms with van der Waals surface area (Å²) in [5, 5.41) is 0. The molecule has 0 aliphatic heterocycles. The second kappa shape index (κ2) is 2.78. The van der Waals surface area contributed by atoms with Crippen molar-refractivity contribution in [2.75, 3.05) is 0 Å². The van der Waals surface area contributed by atoms with E-state index in [-0.39, 0.29) is 5.54 Å². The maximum atomic E-state index is 6.28. The maximum absolute atomic E-state index is 6.28. The predicted octanol–water partition coefficient (Wildman–Crippen LogP) is 2.41. The second-order valence-corrected chi connectivity index (χ2v) is 4.75. The lowest BCUT2D eigenvalue weighted by Crippen LogP contribution is -2.42. The molecule has 11 heavy (non-hydrogen) atoms. The molecule has 1 heteroatoms. The van der Waals surface area contributed by atoms with E-state index >= 15 is 0 Å². The zero-order chi connectivity index (χ0) is 8.65. The fourth-order valence-electron chi connectivity index (χ4n) is 2.16. The van der Waals surface area contributed by atoms with Gasteiger partial charge in [-0.1, -0.05) is 27.7 Å². The maximum Gasteiger partial charge on any atom is 0.0182 e. The van der Waals surface area contributed by atoms with Gasteiger partial charge in [-0.05, 0) is 30.6 Å². The molecule has 1 unspecified atom stereocenters. The van der Waals surface area contributed by atoms with E-state index in [1.165, 1.54) is 12.8 Å². The number of hydrogen-bond donors (Lipinski definition) is 1. The Balaban J connectivity index is 2.64. The van der Waals surface area contributed by atoms with Gasteiger partial charge in [0.15, 0.2) is 0 Å². The van der Waals surface area contributed by atoms with Gasteiger partial charge in [0.05, 0.1) is 0 Å². The Labute approximate surface area is 70.4 Å². The van der Waals surface area contributed by atoms with Gasteiger partial charge in [-0.3, -0.25) is 0 Å². The summed E-state index contributed by atoms with van der Waals surface area (Å²) in [6.07, 6.45) is 2.43. The van der Waals surface area contributed by atoms with Crippen LogP contribution in [0.15, 0.2) is 0 Å². The van der Waals surface area contributed by atoms with Gasteiger partial charge in [0, 0.05) is 5.54 Å². The molecule has 1 aliphatic rings. The van der Waals surface area contributed by atoms with Crippen molar-refractivity contribution in [3.05, 3.63) is 0 Å². The lowest BCUT2D eigenvalue weighted by Gasteiger charge is -2.28. The standard InChI is InChI=1S/C10H21N/c1-7(2)10(11)5-8(3)9(4)6-10/h7-9H,5-6,11H2,1-4H3/t8-,9?,10+/m0/s1. The van der Waals surface area contributed by atoms with Gasteiger partial charge in [-0.15, -0.1) is 0 Å². The molecule has 1 nitrogen and oxygen atoms in total. The van der Waals surface area contributed by atoms with Gasteiger partial charge < -0.3 is 5.73 Å². The summed E-state index contributed by atoms with van der Waals surface area (Å²) in [5.41, 5.74) is 6.42. The van der Waals surface area contributed by atoms with Gasteiger partial charge in [-0.25, -0.2) is 0 Å². The summed E-state index contributed by atoms with van der Waals surface area (Å²) in [6.45, 7) is 9.12. The molecular weight excluding hydrogens is 134 g/mol. The highest BCUT2D eigenvalue weighted by molar-refractivity contribution is 4.97. The largest absolute Gasteiger partial charge is 0.325 e. The van der Waals surface area contributed by atoms with E-state index in [1.54, 1.807) is 0 Å². The normalized spacial score (nSPS) is 45.3. The lowest BCUT2D eigenvalue weighted by atomic mass is 9.85. The first-order valence-corrected chi connectivity index (χ1v) is 4.74. The zero-order valence-electron chi connectivity index (χ0n) is 8.22. The number of hydrogen-bond acceptors (Lipinski definition) is 1. The zero-order valence-corrected chi connectivity index (χ0v) is 8.22. The fourth-order valence-corrected chi connectivity index (χ4v) is 2.16. The SMILES string of the molecule is CC1C[C@@](N)(C(C)C)C[C@@H]1C. The van der Waals surface area contributed by atoms with Gasteiger partial charge >= 0.3 is 0 Å². The van der Waals surface area contributed by atoms with Crippen molar-refractivity contribution in [3.63, 3.8) is 0 Å². The Morgan fingerprint density at radius 1 is 1.18 bits per heavy atom. The lowest BCUT2D eigenvalue weighted by molar-refractivity contribution is 0.305. The van der Waals surface area contributed by atoms with Crippen molar-refractivity contribution in [1.82, 2.24) is 0 Å². The fraction of sp³-hybridized carbons (Fsp3) is 1.00. The molecule has 0 bridgehead atoms. The van der Waals surface area contributed by atoms with E-state index in [1.807, 2.05) is 0 Å². The highest BCUT2D eigenvalue weighted by Gasteiger charge is 2.40. The monoisotopic (exact) mass is 155 g/mol. The van der Waals surface area contributed by atoms with E-state index in [2.05, 4.69) is 27.7 Å². The van der Waals surface area contributed by atoms with Crippen LogP contribution in [0, 0.1) is 17.8 Å². The number of nitrogens with two attached hydrogens (primary N) is 1. The van der Waals surface area contributed by atoms with E-state index in [9.17, 15) is 0 Å². The smallest absolute Gasteiger partial charge is 0.0182 e. The van der Waals surface area contributed by atoms with Gasteiger partial charge in [0.1, 0.15) is 0 Å². The van der Waals surface area contributed by atoms with Crippen molar-refractivity contribution in [3.8, 4) is 0 Å². The summed E-state index contributed by atoms with van der Waals surface area (Å²) >= 11 is 0. The molecule has 0 aromatic rings. The molecule has 2 N–H and O–H groups in total. The summed E-state index contributed by atoms with van der Waals surface area (Å²) in [4.78, 5) is 0. The van der Waals surface area contributed by atoms with Crippen molar-refractivity contribution >= 4 is 0 Å². The summed E-state index contributed by atoms with van der Waals surface area (Å²) in [7, 11) is 0. The first-order valence-electron chi connectivity index (χ1n) is 4.74. The van der Waals surface area contributed by atoms with Crippen molar-refractivity contribution in [2.24, 2.45) is 23.5 Å². The molecule has 0 amide bonds. The van der Waals surface area contributed by atoms with Crippen LogP contribution >= 0.6 is 0 Å². The molecule has 1 fully saturated rings. The third kappa shape index (κ3) is 1.58. The van der Waals surface area contributed by atoms with Gasteiger partial charge in [0.25, 0.3) is 0 Å². The van der Waals surface area contributed by atoms with Crippen LogP contribution in [0.2, 0.25) is 0 Å². The van der Waals surface area contributed by atoms with E-state index in [4.69, 9.17) is 5.73 Å². The van der Waals surface area contributed by atoms with Crippen LogP contribution in [0.5, 0.6) is 0 Å². The Morgan fingerprint density at radius 2 is 1.55 bits per heavy atom. The summed E-state index contributed by atoms with van der Waals surface area (Å²) in [6, 6.07) is 0. The number of rotatable bonds is 1. The molecule has 1 aliphatic carbocycles. The van der Waals surface area contributed by atoms with Crippen LogP contribution in [0.25, 0.3) is 0 Å². The highest BCUT2D eigenvalue weighted by atomic mass is 14.8. The first-order chi connectivity index (χ1) is 4.96. The van der Waals surface area contributed by atoms with Crippen molar-refractivity contribution in [1.29, 1.82) is 0 Å². The molecule has 66 valence electrons. The second-order valence-electron chi connectivity index (χ2n) is 4.75. The van der Waals surface area contributed by atoms with Crippen LogP contribution in [-0.4, -0.2) is 5.54 Å². The van der Waals surface area contributed by atoms with E-state index in [0.717, 1.165) is 11.8 Å². The average Bonchev–Trinajstić information content (AvgIpc) is 2.09. The Hall–Kier alpha value is -0.0400. The minimum absolute atomic E-state index is 0.138. The molecule has 0 spiro atoms. The Kier molecular flexibility index (Phi) is 2.29. The Morgan fingerprint density at radius 3 is 1.73 bits per heavy atom. The molecule has 0 heterocycles. The third-order valence-corrected chi connectivity index (χ3v) is 3.53. The van der Waals surface area contributed by atoms with Gasteiger partial charge in [0.2, 0.25) is 0 Å². The van der Waals surface area contributed by atoms with Crippen LogP contribution in [0.1, 0.15) is 40.5 Å². The molecule has 0 radical (unpaired) electrons. The minimum Gasteiger partial charge on any atom is -0.325 e. The van der Waals surface area contributed by atoms with Crippen molar-refractivity contribution < 1.29 is 0 Å². The molecule has 0 aromatic carbocycles. The Bertz CT molecular complexity index is 130. The van der Waals surface area contributed by atoms with Gasteiger partial charge in [-0.2, -0.15) is 0 Å². The highest BCUT2D eigenvalue weighted by Crippen LogP contribution is 2.41. The molecule has 1 saturated carbocycles. The molecular formula is C10H21N. The minimum atomic E-state index is 0.138. The molecule has 0 aromatic heterocycles. The van der Waals surface area contributed by atoms with Crippen LogP contribution in [0.3, 0.4) is 0 Å². The topological polar surface area (TPSA) is 26.0 Å². The van der Waals surface area contributed by atoms with Crippen molar-refractivity contribution in [2.45, 2.75) is 46.1 Å². The summed E-state index contributed by atoms with van der Waals surface area (Å²) in [5.74, 6) is 2.28. The van der Waals surface area contributed by atoms with E-state index in [0.29, 0.717) is 5.92 Å². The van der Waals surface area contributed by atoms with Crippen LogP contribution in [-0.2, 0) is 0 Å². The van der Waals surface area contributed by atoms with Crippen LogP contribution in [0.4, 0.5) is 0 Å². The first kappa shape index (κ1) is 9.05. The molecule has 1 rings (SSSR count). The van der Waals surface area contributed by atoms with E-state index < -0.39 is 0 Å². The quantitative estimate of drug-likeness (QED) is 0.618. The average molecular weight is 155 g/mol.